The zero-order valence-corrected chi connectivity index (χ0v) is 15.0. The fourth-order valence-corrected chi connectivity index (χ4v) is 4.82. The number of hydrogen-bond donors (Lipinski definition) is 1. The number of thioether (sulfide) groups is 1. The molecule has 25 heavy (non-hydrogen) atoms. The highest BCUT2D eigenvalue weighted by Gasteiger charge is 2.40. The van der Waals surface area contributed by atoms with Crippen molar-refractivity contribution in [2.24, 2.45) is 0 Å². The third kappa shape index (κ3) is 3.63. The van der Waals surface area contributed by atoms with Crippen molar-refractivity contribution in [2.75, 3.05) is 0 Å². The monoisotopic (exact) mass is 367 g/mol. The molecular formula is C20H17NO2S2. The molecule has 1 fully saturated rings. The Morgan fingerprint density at radius 3 is 2.32 bits per heavy atom. The minimum absolute atomic E-state index is 0.00681. The topological polar surface area (TPSA) is 38.3 Å². The SMILES string of the molecule is O=C1N[C@@H](c2ccccc2)O[C@H](c2cccs2)[C@@H]1Sc1ccccc1. The van der Waals surface area contributed by atoms with Gasteiger partial charge in [0.05, 0.1) is 0 Å². The molecule has 1 aliphatic rings. The fraction of sp³-hybridized carbons (Fsp3) is 0.150. The van der Waals surface area contributed by atoms with E-state index in [1.807, 2.05) is 78.2 Å². The van der Waals surface area contributed by atoms with Gasteiger partial charge in [0.2, 0.25) is 5.91 Å². The van der Waals surface area contributed by atoms with E-state index in [1.54, 1.807) is 23.1 Å². The van der Waals surface area contributed by atoms with E-state index in [9.17, 15) is 4.79 Å². The molecule has 0 spiro atoms. The first-order chi connectivity index (χ1) is 12.3. The first-order valence-corrected chi connectivity index (χ1v) is 9.83. The van der Waals surface area contributed by atoms with E-state index in [0.29, 0.717) is 0 Å². The summed E-state index contributed by atoms with van der Waals surface area (Å²) < 4.78 is 6.33. The van der Waals surface area contributed by atoms with Crippen molar-refractivity contribution in [1.82, 2.24) is 5.32 Å². The highest BCUT2D eigenvalue weighted by atomic mass is 32.2. The van der Waals surface area contributed by atoms with Crippen LogP contribution >= 0.6 is 23.1 Å². The van der Waals surface area contributed by atoms with Gasteiger partial charge in [0, 0.05) is 15.3 Å². The Bertz CT molecular complexity index is 821. The van der Waals surface area contributed by atoms with Gasteiger partial charge in [0.15, 0.2) is 6.23 Å². The molecule has 2 heterocycles. The molecule has 3 aromatic rings. The van der Waals surface area contributed by atoms with Crippen LogP contribution in [-0.4, -0.2) is 11.2 Å². The lowest BCUT2D eigenvalue weighted by molar-refractivity contribution is -0.141. The van der Waals surface area contributed by atoms with Crippen molar-refractivity contribution in [3.05, 3.63) is 88.6 Å². The van der Waals surface area contributed by atoms with E-state index in [4.69, 9.17) is 4.74 Å². The molecule has 0 radical (unpaired) electrons. The molecular weight excluding hydrogens is 350 g/mol. The van der Waals surface area contributed by atoms with E-state index in [0.717, 1.165) is 15.3 Å². The zero-order chi connectivity index (χ0) is 17.1. The molecule has 5 heteroatoms. The molecule has 126 valence electrons. The Labute approximate surface area is 155 Å². The lowest BCUT2D eigenvalue weighted by Gasteiger charge is -2.36. The van der Waals surface area contributed by atoms with Crippen LogP contribution in [0.2, 0.25) is 0 Å². The molecule has 3 atom stereocenters. The van der Waals surface area contributed by atoms with Crippen LogP contribution in [0.3, 0.4) is 0 Å². The molecule has 0 unspecified atom stereocenters. The lowest BCUT2D eigenvalue weighted by atomic mass is 10.1. The molecule has 1 aliphatic heterocycles. The average Bonchev–Trinajstić information content (AvgIpc) is 3.19. The van der Waals surface area contributed by atoms with Crippen LogP contribution in [0.25, 0.3) is 0 Å². The van der Waals surface area contributed by atoms with E-state index >= 15 is 0 Å². The molecule has 1 amide bonds. The Hall–Kier alpha value is -2.08. The van der Waals surface area contributed by atoms with Crippen LogP contribution in [0.15, 0.2) is 83.1 Å². The summed E-state index contributed by atoms with van der Waals surface area (Å²) in [6.07, 6.45) is -0.697. The maximum Gasteiger partial charge on any atom is 0.238 e. The molecule has 1 aromatic heterocycles. The number of amides is 1. The quantitative estimate of drug-likeness (QED) is 0.720. The van der Waals surface area contributed by atoms with Gasteiger partial charge < -0.3 is 10.1 Å². The van der Waals surface area contributed by atoms with Gasteiger partial charge in [0.1, 0.15) is 11.4 Å². The number of rotatable bonds is 4. The van der Waals surface area contributed by atoms with Crippen LogP contribution in [0, 0.1) is 0 Å². The van der Waals surface area contributed by atoms with E-state index < -0.39 is 6.23 Å². The van der Waals surface area contributed by atoms with Gasteiger partial charge in [0.25, 0.3) is 0 Å². The van der Waals surface area contributed by atoms with Crippen LogP contribution in [0.1, 0.15) is 22.8 Å². The van der Waals surface area contributed by atoms with Gasteiger partial charge in [-0.2, -0.15) is 0 Å². The van der Waals surface area contributed by atoms with Crippen LogP contribution in [-0.2, 0) is 9.53 Å². The minimum atomic E-state index is -0.423. The first-order valence-electron chi connectivity index (χ1n) is 8.07. The largest absolute Gasteiger partial charge is 0.344 e. The first kappa shape index (κ1) is 16.4. The van der Waals surface area contributed by atoms with Crippen molar-refractivity contribution in [3.8, 4) is 0 Å². The second kappa shape index (κ2) is 7.44. The predicted octanol–water partition coefficient (Wildman–Crippen LogP) is 4.80. The van der Waals surface area contributed by atoms with Gasteiger partial charge in [-0.1, -0.05) is 54.6 Å². The summed E-state index contributed by atoms with van der Waals surface area (Å²) in [6, 6.07) is 23.8. The summed E-state index contributed by atoms with van der Waals surface area (Å²) in [6.45, 7) is 0. The van der Waals surface area contributed by atoms with Crippen LogP contribution in [0.5, 0.6) is 0 Å². The number of carbonyl (C=O) groups is 1. The fourth-order valence-electron chi connectivity index (χ4n) is 2.82. The molecule has 0 saturated carbocycles. The maximum absolute atomic E-state index is 12.9. The van der Waals surface area contributed by atoms with E-state index in [1.165, 1.54) is 0 Å². The molecule has 2 aromatic carbocycles. The summed E-state index contributed by atoms with van der Waals surface area (Å²) in [4.78, 5) is 15.0. The van der Waals surface area contributed by atoms with Crippen LogP contribution in [0.4, 0.5) is 0 Å². The average molecular weight is 367 g/mol. The second-order valence-corrected chi connectivity index (χ2v) is 7.92. The normalized spacial score (nSPS) is 23.2. The standard InChI is InChI=1S/C20H17NO2S2/c22-19-18(25-15-10-5-2-6-11-15)17(16-12-7-13-24-16)23-20(21-19)14-8-3-1-4-9-14/h1-13,17-18,20H,(H,21,22)/t17-,18+,20-/m1/s1. The summed E-state index contributed by atoms with van der Waals surface area (Å²) in [5, 5.41) is 4.72. The van der Waals surface area contributed by atoms with E-state index in [-0.39, 0.29) is 17.3 Å². The highest BCUT2D eigenvalue weighted by Crippen LogP contribution is 2.41. The van der Waals surface area contributed by atoms with Gasteiger partial charge in [-0.3, -0.25) is 4.79 Å². The van der Waals surface area contributed by atoms with Crippen molar-refractivity contribution in [3.63, 3.8) is 0 Å². The number of thiophene rings is 1. The Morgan fingerprint density at radius 2 is 1.64 bits per heavy atom. The summed E-state index contributed by atoms with van der Waals surface area (Å²) >= 11 is 3.17. The maximum atomic E-state index is 12.9. The highest BCUT2D eigenvalue weighted by molar-refractivity contribution is 8.00. The van der Waals surface area contributed by atoms with E-state index in [2.05, 4.69) is 5.32 Å². The third-order valence-electron chi connectivity index (χ3n) is 4.02. The zero-order valence-electron chi connectivity index (χ0n) is 13.4. The van der Waals surface area contributed by atoms with Crippen molar-refractivity contribution >= 4 is 29.0 Å². The number of hydrogen-bond acceptors (Lipinski definition) is 4. The van der Waals surface area contributed by atoms with Crippen LogP contribution < -0.4 is 5.32 Å². The second-order valence-electron chi connectivity index (χ2n) is 5.72. The Morgan fingerprint density at radius 1 is 0.920 bits per heavy atom. The van der Waals surface area contributed by atoms with Gasteiger partial charge >= 0.3 is 0 Å². The molecule has 1 N–H and O–H groups in total. The molecule has 3 nitrogen and oxygen atoms in total. The summed E-state index contributed by atoms with van der Waals surface area (Å²) in [7, 11) is 0. The lowest BCUT2D eigenvalue weighted by Crippen LogP contribution is -2.46. The van der Waals surface area contributed by atoms with Gasteiger partial charge in [-0.05, 0) is 23.6 Å². The third-order valence-corrected chi connectivity index (χ3v) is 6.21. The molecule has 4 rings (SSSR count). The number of ether oxygens (including phenoxy) is 1. The Kier molecular flexibility index (Phi) is 4.88. The van der Waals surface area contributed by atoms with Gasteiger partial charge in [-0.25, -0.2) is 0 Å². The number of carbonyl (C=O) groups excluding carboxylic acids is 1. The number of benzene rings is 2. The predicted molar refractivity (Wildman–Crippen MR) is 102 cm³/mol. The van der Waals surface area contributed by atoms with Gasteiger partial charge in [-0.15, -0.1) is 23.1 Å². The smallest absolute Gasteiger partial charge is 0.238 e. The minimum Gasteiger partial charge on any atom is -0.344 e. The summed E-state index contributed by atoms with van der Waals surface area (Å²) in [5.74, 6) is 0.00681. The molecule has 0 aliphatic carbocycles. The van der Waals surface area contributed by atoms with Crippen molar-refractivity contribution in [2.45, 2.75) is 22.5 Å². The van der Waals surface area contributed by atoms with Crippen molar-refractivity contribution in [1.29, 1.82) is 0 Å². The molecule has 1 saturated heterocycles. The summed E-state index contributed by atoms with van der Waals surface area (Å²) in [5.41, 5.74) is 0.959. The number of nitrogens with one attached hydrogen (secondary N) is 1. The Balaban J connectivity index is 1.63. The molecule has 0 bridgehead atoms. The van der Waals surface area contributed by atoms with Crippen molar-refractivity contribution < 1.29 is 9.53 Å².